The Hall–Kier alpha value is -1.33. The molecule has 1 atom stereocenters. The Bertz CT molecular complexity index is 470. The summed E-state index contributed by atoms with van der Waals surface area (Å²) >= 11 is 6.22. The number of nitrogens with zero attached hydrogens (tertiary/aromatic N) is 2. The van der Waals surface area contributed by atoms with E-state index in [2.05, 4.69) is 11.8 Å². The molecule has 104 valence electrons. The van der Waals surface area contributed by atoms with Gasteiger partial charge < -0.3 is 9.64 Å². The van der Waals surface area contributed by atoms with E-state index < -0.39 is 4.92 Å². The average molecular weight is 285 g/mol. The molecule has 0 saturated carbocycles. The van der Waals surface area contributed by atoms with Crippen LogP contribution in [0.3, 0.4) is 0 Å². The Kier molecular flexibility index (Phi) is 4.27. The van der Waals surface area contributed by atoms with E-state index in [0.29, 0.717) is 11.6 Å². The number of ether oxygens (including phenoxy) is 1. The van der Waals surface area contributed by atoms with E-state index in [1.165, 1.54) is 6.07 Å². The average Bonchev–Trinajstić information content (AvgIpc) is 2.38. The topological polar surface area (TPSA) is 55.6 Å². The minimum Gasteiger partial charge on any atom is -0.375 e. The summed E-state index contributed by atoms with van der Waals surface area (Å²) in [6, 6.07) is 2.98. The van der Waals surface area contributed by atoms with Gasteiger partial charge >= 0.3 is 0 Å². The molecule has 0 spiro atoms. The fourth-order valence-corrected chi connectivity index (χ4v) is 2.77. The van der Waals surface area contributed by atoms with Crippen LogP contribution in [0.25, 0.3) is 0 Å². The molecule has 5 nitrogen and oxygen atoms in total. The van der Waals surface area contributed by atoms with Crippen LogP contribution in [0.2, 0.25) is 5.02 Å². The zero-order chi connectivity index (χ0) is 14.0. The van der Waals surface area contributed by atoms with Gasteiger partial charge in [0.15, 0.2) is 0 Å². The maximum Gasteiger partial charge on any atom is 0.271 e. The van der Waals surface area contributed by atoms with Gasteiger partial charge in [0.1, 0.15) is 0 Å². The van der Waals surface area contributed by atoms with Crippen molar-refractivity contribution in [2.24, 2.45) is 0 Å². The number of hydrogen-bond donors (Lipinski definition) is 0. The van der Waals surface area contributed by atoms with Crippen molar-refractivity contribution < 1.29 is 9.66 Å². The van der Waals surface area contributed by atoms with Crippen molar-refractivity contribution in [3.05, 3.63) is 32.8 Å². The predicted octanol–water partition coefficient (Wildman–Crippen LogP) is 3.17. The Balaban J connectivity index is 2.31. The van der Waals surface area contributed by atoms with Crippen LogP contribution in [0.4, 0.5) is 11.4 Å². The molecule has 1 heterocycles. The quantitative estimate of drug-likeness (QED) is 0.632. The number of morpholine rings is 1. The van der Waals surface area contributed by atoms with Crippen LogP contribution in [0, 0.1) is 17.0 Å². The molecule has 1 unspecified atom stereocenters. The summed E-state index contributed by atoms with van der Waals surface area (Å²) in [5.74, 6) is 0. The lowest BCUT2D eigenvalue weighted by molar-refractivity contribution is -0.384. The highest BCUT2D eigenvalue weighted by atomic mass is 35.5. The van der Waals surface area contributed by atoms with Gasteiger partial charge in [-0.1, -0.05) is 18.5 Å². The highest BCUT2D eigenvalue weighted by Gasteiger charge is 2.23. The molecule has 1 saturated heterocycles. The van der Waals surface area contributed by atoms with Gasteiger partial charge in [0.05, 0.1) is 28.3 Å². The minimum atomic E-state index is -0.420. The van der Waals surface area contributed by atoms with Gasteiger partial charge in [-0.25, -0.2) is 0 Å². The summed E-state index contributed by atoms with van der Waals surface area (Å²) in [4.78, 5) is 12.5. The number of rotatable bonds is 3. The van der Waals surface area contributed by atoms with E-state index in [-0.39, 0.29) is 11.8 Å². The van der Waals surface area contributed by atoms with E-state index in [1.54, 1.807) is 6.07 Å². The van der Waals surface area contributed by atoms with Gasteiger partial charge in [0, 0.05) is 25.2 Å². The molecule has 19 heavy (non-hydrogen) atoms. The number of hydrogen-bond acceptors (Lipinski definition) is 4. The third-order valence-corrected chi connectivity index (χ3v) is 3.65. The van der Waals surface area contributed by atoms with Crippen molar-refractivity contribution in [2.75, 3.05) is 24.6 Å². The maximum absolute atomic E-state index is 10.8. The molecule has 2 rings (SSSR count). The summed E-state index contributed by atoms with van der Waals surface area (Å²) < 4.78 is 5.63. The van der Waals surface area contributed by atoms with Crippen LogP contribution in [0.1, 0.15) is 18.9 Å². The number of nitro benzene ring substituents is 1. The molecule has 0 aliphatic carbocycles. The molecule has 1 aliphatic heterocycles. The summed E-state index contributed by atoms with van der Waals surface area (Å²) in [6.45, 7) is 6.12. The monoisotopic (exact) mass is 284 g/mol. The van der Waals surface area contributed by atoms with E-state index >= 15 is 0 Å². The summed E-state index contributed by atoms with van der Waals surface area (Å²) in [5.41, 5.74) is 1.75. The van der Waals surface area contributed by atoms with Crippen molar-refractivity contribution in [2.45, 2.75) is 26.4 Å². The lowest BCUT2D eigenvalue weighted by Crippen LogP contribution is -2.42. The van der Waals surface area contributed by atoms with E-state index in [4.69, 9.17) is 16.3 Å². The van der Waals surface area contributed by atoms with Gasteiger partial charge in [-0.2, -0.15) is 0 Å². The second kappa shape index (κ2) is 5.75. The lowest BCUT2D eigenvalue weighted by Gasteiger charge is -2.35. The molecule has 0 radical (unpaired) electrons. The van der Waals surface area contributed by atoms with Crippen LogP contribution >= 0.6 is 11.6 Å². The first-order valence-electron chi connectivity index (χ1n) is 6.34. The summed E-state index contributed by atoms with van der Waals surface area (Å²) in [6.07, 6.45) is 1.14. The third kappa shape index (κ3) is 2.98. The second-order valence-corrected chi connectivity index (χ2v) is 5.10. The van der Waals surface area contributed by atoms with Gasteiger partial charge in [-0.05, 0) is 18.9 Å². The van der Waals surface area contributed by atoms with Crippen LogP contribution < -0.4 is 4.90 Å². The van der Waals surface area contributed by atoms with E-state index in [0.717, 1.165) is 30.8 Å². The van der Waals surface area contributed by atoms with E-state index in [1.807, 2.05) is 6.92 Å². The number of non-ortho nitro benzene ring substituents is 1. The third-order valence-electron chi connectivity index (χ3n) is 3.36. The Morgan fingerprint density at radius 2 is 2.32 bits per heavy atom. The number of benzene rings is 1. The number of halogens is 1. The number of aryl methyl sites for hydroxylation is 1. The number of anilines is 1. The first kappa shape index (κ1) is 14.1. The first-order valence-corrected chi connectivity index (χ1v) is 6.71. The van der Waals surface area contributed by atoms with Crippen molar-refractivity contribution in [3.63, 3.8) is 0 Å². The second-order valence-electron chi connectivity index (χ2n) is 4.70. The molecule has 6 heteroatoms. The van der Waals surface area contributed by atoms with E-state index in [9.17, 15) is 10.1 Å². The molecule has 1 aromatic carbocycles. The molecule has 0 amide bonds. The Labute approximate surface area is 117 Å². The first-order chi connectivity index (χ1) is 9.02. The van der Waals surface area contributed by atoms with Crippen molar-refractivity contribution in [3.8, 4) is 0 Å². The molecule has 1 aromatic rings. The predicted molar refractivity (Wildman–Crippen MR) is 75.1 cm³/mol. The standard InChI is InChI=1S/C13H17ClN2O3/c1-3-11-8-15(4-5-19-11)13-9(2)6-10(16(17)18)7-12(13)14/h6-7,11H,3-5,8H2,1-2H3. The van der Waals surface area contributed by atoms with Crippen LogP contribution in [-0.4, -0.2) is 30.7 Å². The molecular weight excluding hydrogens is 268 g/mol. The molecular formula is C13H17ClN2O3. The highest BCUT2D eigenvalue weighted by molar-refractivity contribution is 6.33. The summed E-state index contributed by atoms with van der Waals surface area (Å²) in [7, 11) is 0. The van der Waals surface area contributed by atoms with Crippen LogP contribution in [0.15, 0.2) is 12.1 Å². The minimum absolute atomic E-state index is 0.0338. The molecule has 0 bridgehead atoms. The normalized spacial score (nSPS) is 19.5. The van der Waals surface area contributed by atoms with Crippen molar-refractivity contribution in [1.82, 2.24) is 0 Å². The zero-order valence-electron chi connectivity index (χ0n) is 11.1. The van der Waals surface area contributed by atoms with Crippen molar-refractivity contribution >= 4 is 23.0 Å². The van der Waals surface area contributed by atoms with Gasteiger partial charge in [0.2, 0.25) is 0 Å². The summed E-state index contributed by atoms with van der Waals surface area (Å²) in [5, 5.41) is 11.2. The molecule has 0 aromatic heterocycles. The fourth-order valence-electron chi connectivity index (χ4n) is 2.39. The SMILES string of the molecule is CCC1CN(c2c(C)cc([N+](=O)[O-])cc2Cl)CCO1. The smallest absolute Gasteiger partial charge is 0.271 e. The van der Waals surface area contributed by atoms with Gasteiger partial charge in [-0.3, -0.25) is 10.1 Å². The molecule has 1 fully saturated rings. The molecule has 0 N–H and O–H groups in total. The Morgan fingerprint density at radius 1 is 1.58 bits per heavy atom. The fraction of sp³-hybridized carbons (Fsp3) is 0.538. The van der Waals surface area contributed by atoms with Crippen LogP contribution in [-0.2, 0) is 4.74 Å². The Morgan fingerprint density at radius 3 is 2.89 bits per heavy atom. The largest absolute Gasteiger partial charge is 0.375 e. The molecule has 1 aliphatic rings. The van der Waals surface area contributed by atoms with Gasteiger partial charge in [-0.15, -0.1) is 0 Å². The zero-order valence-corrected chi connectivity index (χ0v) is 11.8. The number of nitro groups is 1. The lowest BCUT2D eigenvalue weighted by atomic mass is 10.1. The maximum atomic E-state index is 10.8. The van der Waals surface area contributed by atoms with Crippen molar-refractivity contribution in [1.29, 1.82) is 0 Å². The highest BCUT2D eigenvalue weighted by Crippen LogP contribution is 2.34. The van der Waals surface area contributed by atoms with Crippen LogP contribution in [0.5, 0.6) is 0 Å². The van der Waals surface area contributed by atoms with Gasteiger partial charge in [0.25, 0.3) is 5.69 Å².